The van der Waals surface area contributed by atoms with Crippen molar-refractivity contribution < 1.29 is 0 Å². The SMILES string of the molecule is CCCCCCCC1=Nc2cccc3cccc(c23)N1. The first-order chi connectivity index (χ1) is 9.88. The third-order valence-electron chi connectivity index (χ3n) is 3.93. The maximum Gasteiger partial charge on any atom is 0.107 e. The van der Waals surface area contributed by atoms with Gasteiger partial charge in [0.05, 0.1) is 5.69 Å². The predicted molar refractivity (Wildman–Crippen MR) is 88.0 cm³/mol. The van der Waals surface area contributed by atoms with Crippen LogP contribution < -0.4 is 5.32 Å². The maximum absolute atomic E-state index is 4.79. The summed E-state index contributed by atoms with van der Waals surface area (Å²) in [6, 6.07) is 12.8. The zero-order valence-corrected chi connectivity index (χ0v) is 12.2. The Hall–Kier alpha value is -1.83. The van der Waals surface area contributed by atoms with E-state index in [0.717, 1.165) is 17.9 Å². The van der Waals surface area contributed by atoms with Gasteiger partial charge in [-0.1, -0.05) is 56.9 Å². The molecule has 2 aromatic rings. The Morgan fingerprint density at radius 1 is 0.950 bits per heavy atom. The highest BCUT2D eigenvalue weighted by Crippen LogP contribution is 2.35. The van der Waals surface area contributed by atoms with Gasteiger partial charge in [0.1, 0.15) is 5.84 Å². The standard InChI is InChI=1S/C18H22N2/c1-2-3-4-5-6-13-17-19-15-11-7-9-14-10-8-12-16(20-17)18(14)15/h7-12H,2-6,13H2,1H3,(H,19,20). The number of nitrogens with one attached hydrogen (secondary N) is 1. The number of benzene rings is 2. The van der Waals surface area contributed by atoms with Gasteiger partial charge >= 0.3 is 0 Å². The molecular formula is C18H22N2. The normalized spacial score (nSPS) is 13.2. The molecule has 1 heterocycles. The molecule has 2 heteroatoms. The summed E-state index contributed by atoms with van der Waals surface area (Å²) in [6.45, 7) is 2.25. The second-order valence-electron chi connectivity index (χ2n) is 5.53. The van der Waals surface area contributed by atoms with Crippen molar-refractivity contribution in [2.75, 3.05) is 5.32 Å². The highest BCUT2D eigenvalue weighted by Gasteiger charge is 2.13. The molecule has 0 saturated heterocycles. The van der Waals surface area contributed by atoms with E-state index >= 15 is 0 Å². The van der Waals surface area contributed by atoms with E-state index in [9.17, 15) is 0 Å². The molecule has 1 aliphatic heterocycles. The lowest BCUT2D eigenvalue weighted by atomic mass is 10.0. The van der Waals surface area contributed by atoms with E-state index in [2.05, 4.69) is 48.6 Å². The fraction of sp³-hybridized carbons (Fsp3) is 0.389. The molecule has 1 N–H and O–H groups in total. The molecule has 0 fully saturated rings. The van der Waals surface area contributed by atoms with Crippen molar-refractivity contribution in [3.63, 3.8) is 0 Å². The second kappa shape index (κ2) is 6.08. The van der Waals surface area contributed by atoms with Crippen LogP contribution in [0.5, 0.6) is 0 Å². The monoisotopic (exact) mass is 266 g/mol. The van der Waals surface area contributed by atoms with E-state index in [-0.39, 0.29) is 0 Å². The fourth-order valence-electron chi connectivity index (χ4n) is 2.86. The summed E-state index contributed by atoms with van der Waals surface area (Å²) in [5, 5.41) is 6.02. The van der Waals surface area contributed by atoms with Crippen molar-refractivity contribution in [1.29, 1.82) is 0 Å². The Labute approximate surface area is 120 Å². The van der Waals surface area contributed by atoms with Gasteiger partial charge in [0.15, 0.2) is 0 Å². The Morgan fingerprint density at radius 2 is 1.75 bits per heavy atom. The Morgan fingerprint density at radius 3 is 2.60 bits per heavy atom. The average molecular weight is 266 g/mol. The van der Waals surface area contributed by atoms with Crippen molar-refractivity contribution in [3.05, 3.63) is 36.4 Å². The number of aliphatic imine (C=N–C) groups is 1. The van der Waals surface area contributed by atoms with E-state index in [1.165, 1.54) is 48.6 Å². The van der Waals surface area contributed by atoms with E-state index in [0.29, 0.717) is 0 Å². The number of hydrogen-bond donors (Lipinski definition) is 1. The summed E-state index contributed by atoms with van der Waals surface area (Å²) < 4.78 is 0. The first kappa shape index (κ1) is 13.2. The molecule has 0 bridgehead atoms. The minimum atomic E-state index is 1.05. The van der Waals surface area contributed by atoms with E-state index in [1.54, 1.807) is 0 Å². The van der Waals surface area contributed by atoms with Gasteiger partial charge in [0, 0.05) is 17.5 Å². The van der Waals surface area contributed by atoms with Crippen molar-refractivity contribution in [1.82, 2.24) is 0 Å². The fourth-order valence-corrected chi connectivity index (χ4v) is 2.86. The van der Waals surface area contributed by atoms with Gasteiger partial charge < -0.3 is 5.32 Å². The van der Waals surface area contributed by atoms with Gasteiger partial charge in [0.2, 0.25) is 0 Å². The van der Waals surface area contributed by atoms with Crippen LogP contribution >= 0.6 is 0 Å². The predicted octanol–water partition coefficient (Wildman–Crippen LogP) is 5.66. The lowest BCUT2D eigenvalue weighted by Gasteiger charge is -2.18. The molecule has 104 valence electrons. The highest BCUT2D eigenvalue weighted by molar-refractivity contribution is 6.13. The van der Waals surface area contributed by atoms with Crippen molar-refractivity contribution >= 4 is 28.0 Å². The van der Waals surface area contributed by atoms with Crippen LogP contribution in [0.25, 0.3) is 10.8 Å². The summed E-state index contributed by atoms with van der Waals surface area (Å²) in [5.41, 5.74) is 2.32. The van der Waals surface area contributed by atoms with Crippen LogP contribution in [0.1, 0.15) is 45.4 Å². The van der Waals surface area contributed by atoms with Gasteiger partial charge in [0.25, 0.3) is 0 Å². The van der Waals surface area contributed by atoms with Gasteiger partial charge in [-0.3, -0.25) is 0 Å². The van der Waals surface area contributed by atoms with Crippen LogP contribution in [0, 0.1) is 0 Å². The zero-order valence-electron chi connectivity index (χ0n) is 12.2. The average Bonchev–Trinajstić information content (AvgIpc) is 2.48. The summed E-state index contributed by atoms with van der Waals surface area (Å²) in [5.74, 6) is 1.12. The quantitative estimate of drug-likeness (QED) is 0.671. The number of nitrogens with zero attached hydrogens (tertiary/aromatic N) is 1. The molecule has 0 spiro atoms. The zero-order chi connectivity index (χ0) is 13.8. The van der Waals surface area contributed by atoms with Crippen LogP contribution in [0.3, 0.4) is 0 Å². The van der Waals surface area contributed by atoms with Gasteiger partial charge in [-0.05, 0) is 23.9 Å². The first-order valence-corrected chi connectivity index (χ1v) is 7.75. The van der Waals surface area contributed by atoms with Gasteiger partial charge in [-0.25, -0.2) is 4.99 Å². The minimum Gasteiger partial charge on any atom is -0.343 e. The molecule has 1 aliphatic rings. The molecule has 0 saturated carbocycles. The topological polar surface area (TPSA) is 24.4 Å². The smallest absolute Gasteiger partial charge is 0.107 e. The number of anilines is 1. The van der Waals surface area contributed by atoms with Crippen LogP contribution in [0.15, 0.2) is 41.4 Å². The molecule has 2 nitrogen and oxygen atoms in total. The second-order valence-corrected chi connectivity index (χ2v) is 5.53. The number of hydrogen-bond acceptors (Lipinski definition) is 2. The van der Waals surface area contributed by atoms with Gasteiger partial charge in [-0.15, -0.1) is 0 Å². The van der Waals surface area contributed by atoms with Crippen LogP contribution in [0.4, 0.5) is 11.4 Å². The Bertz CT molecular complexity index is 623. The van der Waals surface area contributed by atoms with Crippen LogP contribution in [-0.4, -0.2) is 5.84 Å². The summed E-state index contributed by atoms with van der Waals surface area (Å²) in [6.07, 6.45) is 7.57. The molecule has 0 unspecified atom stereocenters. The Kier molecular flexibility index (Phi) is 4.00. The molecule has 0 amide bonds. The number of unbranched alkanes of at least 4 members (excludes halogenated alkanes) is 4. The summed E-state index contributed by atoms with van der Waals surface area (Å²) in [7, 11) is 0. The lowest BCUT2D eigenvalue weighted by molar-refractivity contribution is 0.643. The minimum absolute atomic E-state index is 1.05. The summed E-state index contributed by atoms with van der Waals surface area (Å²) in [4.78, 5) is 4.79. The lowest BCUT2D eigenvalue weighted by Crippen LogP contribution is -2.14. The highest BCUT2D eigenvalue weighted by atomic mass is 15.0. The van der Waals surface area contributed by atoms with E-state index in [4.69, 9.17) is 4.99 Å². The summed E-state index contributed by atoms with van der Waals surface area (Å²) >= 11 is 0. The molecule has 20 heavy (non-hydrogen) atoms. The van der Waals surface area contributed by atoms with Crippen molar-refractivity contribution in [2.45, 2.75) is 45.4 Å². The maximum atomic E-state index is 4.79. The number of rotatable bonds is 6. The van der Waals surface area contributed by atoms with E-state index < -0.39 is 0 Å². The number of amidine groups is 1. The third kappa shape index (κ3) is 2.69. The molecule has 0 radical (unpaired) electrons. The molecule has 0 atom stereocenters. The van der Waals surface area contributed by atoms with Crippen LogP contribution in [-0.2, 0) is 0 Å². The molecule has 0 aliphatic carbocycles. The third-order valence-corrected chi connectivity index (χ3v) is 3.93. The largest absolute Gasteiger partial charge is 0.343 e. The molecule has 0 aromatic heterocycles. The van der Waals surface area contributed by atoms with Crippen molar-refractivity contribution in [3.8, 4) is 0 Å². The van der Waals surface area contributed by atoms with Crippen molar-refractivity contribution in [2.24, 2.45) is 4.99 Å². The van der Waals surface area contributed by atoms with Gasteiger partial charge in [-0.2, -0.15) is 0 Å². The Balaban J connectivity index is 1.73. The molecule has 2 aromatic carbocycles. The van der Waals surface area contributed by atoms with E-state index in [1.807, 2.05) is 0 Å². The molecule has 3 rings (SSSR count). The molecular weight excluding hydrogens is 244 g/mol. The van der Waals surface area contributed by atoms with Crippen LogP contribution in [0.2, 0.25) is 0 Å². The first-order valence-electron chi connectivity index (χ1n) is 7.75.